The van der Waals surface area contributed by atoms with Crippen molar-refractivity contribution in [3.05, 3.63) is 290 Å². The number of aryl methyl sites for hydroxylation is 12. The van der Waals surface area contributed by atoms with Crippen molar-refractivity contribution in [2.24, 2.45) is 34.1 Å². The molecule has 0 spiro atoms. The van der Waals surface area contributed by atoms with Crippen molar-refractivity contribution in [3.63, 3.8) is 0 Å². The number of carbonyl (C=O) groups is 4. The molecule has 4 aromatic carbocycles. The third-order valence-corrected chi connectivity index (χ3v) is 21.2. The fourth-order valence-electron chi connectivity index (χ4n) is 15.2. The zero-order valence-corrected chi connectivity index (χ0v) is 64.2. The Labute approximate surface area is 644 Å². The number of hydrogen-bond donors (Lipinski definition) is 0. The van der Waals surface area contributed by atoms with Gasteiger partial charge in [0.25, 0.3) is 22.2 Å². The Morgan fingerprint density at radius 1 is 0.414 bits per heavy atom. The first-order chi connectivity index (χ1) is 53.5. The third kappa shape index (κ3) is 18.8. The summed E-state index contributed by atoms with van der Waals surface area (Å²) in [5.74, 6) is 3.62. The number of Topliss-reactive ketones (excluding diaryl/α,β-unsaturated/α-hetero) is 4. The van der Waals surface area contributed by atoms with Crippen molar-refractivity contribution in [1.82, 2.24) is 43.2 Å². The molecular formula is C90H91N9O12. The molecule has 568 valence electrons. The molecule has 1 atom stereocenters. The molecule has 0 amide bonds. The van der Waals surface area contributed by atoms with Gasteiger partial charge in [-0.2, -0.15) is 0 Å². The first-order valence-electron chi connectivity index (χ1n) is 37.8. The van der Waals surface area contributed by atoms with E-state index < -0.39 is 0 Å². The molecule has 8 heterocycles. The largest absolute Gasteiger partial charge is 0.493 e. The number of benzene rings is 4. The Kier molecular flexibility index (Phi) is 24.1. The Balaban J connectivity index is 0.000000130. The first kappa shape index (κ1) is 77.2. The molecule has 111 heavy (non-hydrogen) atoms. The summed E-state index contributed by atoms with van der Waals surface area (Å²) in [5, 5.41) is 0. The molecule has 1 fully saturated rings. The summed E-state index contributed by atoms with van der Waals surface area (Å²) >= 11 is 0. The maximum atomic E-state index is 12.1. The lowest BCUT2D eigenvalue weighted by molar-refractivity contribution is -0.119. The molecule has 21 heteroatoms. The van der Waals surface area contributed by atoms with Crippen LogP contribution < -0.4 is 36.4 Å². The molecule has 16 rings (SSSR count). The number of pyridine rings is 5. The standard InChI is InChI=1S/C23H22N2O2.C23H27NO4.2C22H21N3O3/c1-15-8-20(14-25(2)23(15)27)18-10-17-5-6-21(26)12-22(17)19(11-18)9-16-4-3-7-24-13-16;1-15-8-19(12-24(2)23(15)26)18-9-17-5-6-20(25)11-21(17)22(10-18)28-14-16-4-3-7-27-13-16;1-14-5-18(11-25(2)22(14)27)17-6-16-3-4-19(26)8-20(16)21(7-17)28-12-15-9-23-13-24-10-15;1-14-7-17(12-25(2)22(14)27)16-8-15-3-4-19(26)10-20(15)21(9-16)28-13-18-11-23-5-6-24-18/h3-4,7-8,10-11,13-14H,5-6,9,12H2,1-2H3;8-10,12,16H,3-7,11,13-14H2,1-2H3;5-7,9-11,13H,3-4,8,12H2,1-2H3;5-9,11-12H,3-4,10,13H2,1-2H3. The Hall–Kier alpha value is -12.0. The molecule has 21 nitrogen and oxygen atoms in total. The van der Waals surface area contributed by atoms with Gasteiger partial charge in [-0.3, -0.25) is 53.3 Å². The van der Waals surface area contributed by atoms with Crippen LogP contribution in [0.25, 0.3) is 44.5 Å². The smallest absolute Gasteiger partial charge is 0.253 e. The summed E-state index contributed by atoms with van der Waals surface area (Å²) in [6.07, 6.45) is 30.8. The summed E-state index contributed by atoms with van der Waals surface area (Å²) in [6.45, 7) is 10.1. The van der Waals surface area contributed by atoms with Crippen LogP contribution in [0.2, 0.25) is 0 Å². The number of hydrogen-bond acceptors (Lipinski definition) is 17. The molecule has 5 aliphatic rings. The summed E-state index contributed by atoms with van der Waals surface area (Å²) in [7, 11) is 7.06. The third-order valence-electron chi connectivity index (χ3n) is 21.2. The summed E-state index contributed by atoms with van der Waals surface area (Å²) in [5.41, 5.74) is 23.5. The highest BCUT2D eigenvalue weighted by Gasteiger charge is 2.27. The van der Waals surface area contributed by atoms with Crippen molar-refractivity contribution in [2.45, 2.75) is 137 Å². The molecule has 0 radical (unpaired) electrons. The molecule has 0 N–H and O–H groups in total. The number of nitrogens with zero attached hydrogens (tertiary/aromatic N) is 9. The molecule has 1 saturated heterocycles. The van der Waals surface area contributed by atoms with Crippen LogP contribution in [0.15, 0.2) is 179 Å². The lowest BCUT2D eigenvalue weighted by Crippen LogP contribution is -2.24. The van der Waals surface area contributed by atoms with E-state index in [1.807, 2.05) is 107 Å². The van der Waals surface area contributed by atoms with Crippen molar-refractivity contribution >= 4 is 23.1 Å². The second kappa shape index (κ2) is 34.7. The fraction of sp³-hybridized carbons (Fsp3) is 0.322. The topological polar surface area (TPSA) is 258 Å². The van der Waals surface area contributed by atoms with Gasteiger partial charge in [0.2, 0.25) is 0 Å². The number of rotatable bonds is 15. The van der Waals surface area contributed by atoms with Gasteiger partial charge in [0.15, 0.2) is 0 Å². The Bertz CT molecular complexity index is 5340. The number of carbonyl (C=O) groups excluding carboxylic acids is 4. The van der Waals surface area contributed by atoms with Gasteiger partial charge in [0.05, 0.1) is 25.1 Å². The number of fused-ring (bicyclic) bond motifs is 4. The number of ether oxygens (including phenoxy) is 4. The van der Waals surface area contributed by atoms with E-state index in [0.29, 0.717) is 112 Å². The Morgan fingerprint density at radius 2 is 0.820 bits per heavy atom. The van der Waals surface area contributed by atoms with Crippen LogP contribution in [0, 0.1) is 33.6 Å². The van der Waals surface area contributed by atoms with E-state index in [-0.39, 0.29) is 46.2 Å². The monoisotopic (exact) mass is 1490 g/mol. The molecule has 7 aromatic heterocycles. The molecule has 0 saturated carbocycles. The van der Waals surface area contributed by atoms with Gasteiger partial charge in [0, 0.05) is 199 Å². The van der Waals surface area contributed by atoms with E-state index >= 15 is 0 Å². The second-order valence-electron chi connectivity index (χ2n) is 29.7. The van der Waals surface area contributed by atoms with Crippen LogP contribution in [0.4, 0.5) is 0 Å². The van der Waals surface area contributed by atoms with Gasteiger partial charge >= 0.3 is 0 Å². The predicted molar refractivity (Wildman–Crippen MR) is 424 cm³/mol. The van der Waals surface area contributed by atoms with Crippen LogP contribution in [-0.2, 0) is 123 Å². The number of aromatic nitrogens is 9. The van der Waals surface area contributed by atoms with Gasteiger partial charge in [-0.15, -0.1) is 0 Å². The quantitative estimate of drug-likeness (QED) is 0.0924. The highest BCUT2D eigenvalue weighted by Crippen LogP contribution is 2.39. The van der Waals surface area contributed by atoms with E-state index in [0.717, 1.165) is 151 Å². The van der Waals surface area contributed by atoms with E-state index in [9.17, 15) is 38.4 Å². The van der Waals surface area contributed by atoms with Crippen molar-refractivity contribution in [3.8, 4) is 61.8 Å². The summed E-state index contributed by atoms with van der Waals surface area (Å²) < 4.78 is 30.4. The minimum atomic E-state index is -0.00793. The molecular weight excluding hydrogens is 1400 g/mol. The molecule has 0 bridgehead atoms. The SMILES string of the molecule is Cc1cc(-c2cc3c(c(Cc4cccnc4)c2)CC(=O)CC3)cn(C)c1=O.Cc1cc(-c2cc3c(c(OCC4CCCOC4)c2)CC(=O)CC3)cn(C)c1=O.Cc1cc(-c2cc3c(c(OCc4cnccn4)c2)CC(=O)CC3)cn(C)c1=O.Cc1cc(-c2cc3c(c(OCc4cncnc4)c2)CC(=O)CC3)cn(C)c1=O. The van der Waals surface area contributed by atoms with Crippen LogP contribution in [0.5, 0.6) is 17.2 Å². The summed E-state index contributed by atoms with van der Waals surface area (Å²) in [6, 6.07) is 28.3. The molecule has 4 aliphatic carbocycles. The lowest BCUT2D eigenvalue weighted by atomic mass is 9.83. The second-order valence-corrected chi connectivity index (χ2v) is 29.7. The maximum Gasteiger partial charge on any atom is 0.253 e. The van der Waals surface area contributed by atoms with Crippen molar-refractivity contribution in [2.75, 3.05) is 19.8 Å². The van der Waals surface area contributed by atoms with Crippen molar-refractivity contribution < 1.29 is 38.1 Å². The van der Waals surface area contributed by atoms with Crippen LogP contribution in [0.3, 0.4) is 0 Å². The van der Waals surface area contributed by atoms with Gasteiger partial charge in [-0.05, 0) is 205 Å². The normalized spacial score (nSPS) is 14.9. The highest BCUT2D eigenvalue weighted by atomic mass is 16.5. The van der Waals surface area contributed by atoms with E-state index in [1.54, 1.807) is 83.6 Å². The van der Waals surface area contributed by atoms with E-state index in [4.69, 9.17) is 18.9 Å². The van der Waals surface area contributed by atoms with E-state index in [1.165, 1.54) is 28.6 Å². The van der Waals surface area contributed by atoms with Gasteiger partial charge in [-0.25, -0.2) is 9.97 Å². The minimum absolute atomic E-state index is 0.00661. The minimum Gasteiger partial charge on any atom is -0.493 e. The van der Waals surface area contributed by atoms with Gasteiger partial charge in [0.1, 0.15) is 59.9 Å². The fourth-order valence-corrected chi connectivity index (χ4v) is 15.2. The number of ketones is 4. The van der Waals surface area contributed by atoms with Crippen LogP contribution in [-0.4, -0.2) is 86.1 Å². The Morgan fingerprint density at radius 3 is 1.23 bits per heavy atom. The van der Waals surface area contributed by atoms with E-state index in [2.05, 4.69) is 61.3 Å². The van der Waals surface area contributed by atoms with Crippen molar-refractivity contribution in [1.29, 1.82) is 0 Å². The molecule has 11 aromatic rings. The summed E-state index contributed by atoms with van der Waals surface area (Å²) in [4.78, 5) is 117. The lowest BCUT2D eigenvalue weighted by Gasteiger charge is -2.25. The average Bonchev–Trinajstić information content (AvgIpc) is 0.798. The zero-order valence-electron chi connectivity index (χ0n) is 64.2. The zero-order chi connectivity index (χ0) is 78.0. The van der Waals surface area contributed by atoms with Crippen LogP contribution in [0.1, 0.15) is 128 Å². The van der Waals surface area contributed by atoms with Gasteiger partial charge in [-0.1, -0.05) is 36.4 Å². The highest BCUT2D eigenvalue weighted by molar-refractivity contribution is 5.88. The predicted octanol–water partition coefficient (Wildman–Crippen LogP) is 12.2. The molecule has 1 aliphatic heterocycles. The maximum absolute atomic E-state index is 12.1. The van der Waals surface area contributed by atoms with Gasteiger partial charge < -0.3 is 37.2 Å². The average molecular weight is 1490 g/mol. The molecule has 1 unspecified atom stereocenters. The van der Waals surface area contributed by atoms with Crippen LogP contribution >= 0.6 is 0 Å². The first-order valence-corrected chi connectivity index (χ1v) is 37.8.